The number of halogens is 1. The highest BCUT2D eigenvalue weighted by Gasteiger charge is 2.28. The lowest BCUT2D eigenvalue weighted by atomic mass is 10.1. The van der Waals surface area contributed by atoms with Crippen molar-refractivity contribution in [1.82, 2.24) is 9.97 Å². The van der Waals surface area contributed by atoms with Crippen molar-refractivity contribution in [2.75, 3.05) is 24.6 Å². The third-order valence-corrected chi connectivity index (χ3v) is 2.72. The van der Waals surface area contributed by atoms with Gasteiger partial charge in [0.15, 0.2) is 0 Å². The Balaban J connectivity index is 2.13. The van der Waals surface area contributed by atoms with Gasteiger partial charge in [-0.15, -0.1) is 0 Å². The van der Waals surface area contributed by atoms with E-state index in [4.69, 9.17) is 4.74 Å². The Morgan fingerprint density at radius 2 is 2.07 bits per heavy atom. The Bertz CT molecular complexity index is 339. The Morgan fingerprint density at radius 1 is 1.40 bits per heavy atom. The highest BCUT2D eigenvalue weighted by molar-refractivity contribution is 9.10. The van der Waals surface area contributed by atoms with E-state index in [0.29, 0.717) is 0 Å². The summed E-state index contributed by atoms with van der Waals surface area (Å²) >= 11 is 3.32. The third-order valence-electron chi connectivity index (χ3n) is 2.32. The van der Waals surface area contributed by atoms with Gasteiger partial charge in [-0.25, -0.2) is 9.97 Å². The molecule has 0 aromatic carbocycles. The third kappa shape index (κ3) is 2.66. The van der Waals surface area contributed by atoms with E-state index < -0.39 is 0 Å². The van der Waals surface area contributed by atoms with Gasteiger partial charge in [0.05, 0.1) is 16.7 Å². The molecular weight excluding hydrogens is 258 g/mol. The SMILES string of the molecule is CC1(C)CN(c2ncc(Br)cn2)CCO1. The van der Waals surface area contributed by atoms with Gasteiger partial charge in [0.2, 0.25) is 5.95 Å². The molecule has 1 aliphatic heterocycles. The first-order chi connectivity index (χ1) is 7.07. The minimum atomic E-state index is -0.116. The topological polar surface area (TPSA) is 38.2 Å². The van der Waals surface area contributed by atoms with Crippen LogP contribution in [0.1, 0.15) is 13.8 Å². The lowest BCUT2D eigenvalue weighted by molar-refractivity contribution is -0.0281. The van der Waals surface area contributed by atoms with E-state index in [-0.39, 0.29) is 5.60 Å². The molecule has 0 amide bonds. The van der Waals surface area contributed by atoms with E-state index >= 15 is 0 Å². The van der Waals surface area contributed by atoms with Crippen LogP contribution in [0, 0.1) is 0 Å². The molecule has 1 aromatic heterocycles. The summed E-state index contributed by atoms with van der Waals surface area (Å²) in [5, 5.41) is 0. The first kappa shape index (κ1) is 10.8. The van der Waals surface area contributed by atoms with Gasteiger partial charge >= 0.3 is 0 Å². The molecule has 1 fully saturated rings. The quantitative estimate of drug-likeness (QED) is 0.782. The van der Waals surface area contributed by atoms with Crippen LogP contribution in [0.3, 0.4) is 0 Å². The second kappa shape index (κ2) is 4.06. The van der Waals surface area contributed by atoms with E-state index in [1.165, 1.54) is 0 Å². The fourth-order valence-electron chi connectivity index (χ4n) is 1.66. The molecule has 4 nitrogen and oxygen atoms in total. The Labute approximate surface area is 97.8 Å². The van der Waals surface area contributed by atoms with Crippen molar-refractivity contribution >= 4 is 21.9 Å². The van der Waals surface area contributed by atoms with Crippen molar-refractivity contribution in [3.8, 4) is 0 Å². The second-order valence-corrected chi connectivity index (χ2v) is 5.15. The van der Waals surface area contributed by atoms with E-state index in [9.17, 15) is 0 Å². The number of ether oxygens (including phenoxy) is 1. The first-order valence-corrected chi connectivity index (χ1v) is 5.73. The predicted molar refractivity (Wildman–Crippen MR) is 62.0 cm³/mol. The van der Waals surface area contributed by atoms with E-state index in [1.54, 1.807) is 12.4 Å². The van der Waals surface area contributed by atoms with E-state index in [0.717, 1.165) is 30.1 Å². The van der Waals surface area contributed by atoms with Crippen molar-refractivity contribution in [2.45, 2.75) is 19.4 Å². The summed E-state index contributed by atoms with van der Waals surface area (Å²) in [5.41, 5.74) is -0.116. The first-order valence-electron chi connectivity index (χ1n) is 4.93. The fourth-order valence-corrected chi connectivity index (χ4v) is 1.86. The van der Waals surface area contributed by atoms with Gasteiger partial charge in [-0.1, -0.05) is 0 Å². The van der Waals surface area contributed by atoms with Crippen molar-refractivity contribution in [1.29, 1.82) is 0 Å². The van der Waals surface area contributed by atoms with Crippen molar-refractivity contribution in [3.63, 3.8) is 0 Å². The number of hydrogen-bond acceptors (Lipinski definition) is 4. The number of anilines is 1. The summed E-state index contributed by atoms with van der Waals surface area (Å²) in [4.78, 5) is 10.7. The second-order valence-electron chi connectivity index (χ2n) is 4.23. The van der Waals surface area contributed by atoms with Crippen LogP contribution < -0.4 is 4.90 Å². The highest BCUT2D eigenvalue weighted by Crippen LogP contribution is 2.20. The zero-order valence-corrected chi connectivity index (χ0v) is 10.5. The van der Waals surface area contributed by atoms with Gasteiger partial charge < -0.3 is 9.64 Å². The van der Waals surface area contributed by atoms with Gasteiger partial charge in [0.1, 0.15) is 0 Å². The Hall–Kier alpha value is -0.680. The molecule has 0 saturated carbocycles. The molecule has 1 aliphatic rings. The molecule has 0 atom stereocenters. The smallest absolute Gasteiger partial charge is 0.225 e. The van der Waals surface area contributed by atoms with Gasteiger partial charge in [0.25, 0.3) is 0 Å². The molecule has 0 radical (unpaired) electrons. The summed E-state index contributed by atoms with van der Waals surface area (Å²) in [5.74, 6) is 0.773. The Kier molecular flexibility index (Phi) is 2.93. The lowest BCUT2D eigenvalue weighted by Crippen LogP contribution is -2.48. The molecule has 82 valence electrons. The van der Waals surface area contributed by atoms with Crippen molar-refractivity contribution < 1.29 is 4.74 Å². The van der Waals surface area contributed by atoms with Gasteiger partial charge in [0, 0.05) is 25.5 Å². The predicted octanol–water partition coefficient (Wildman–Crippen LogP) is 1.85. The van der Waals surface area contributed by atoms with Crippen LogP contribution in [-0.4, -0.2) is 35.3 Å². The number of nitrogens with zero attached hydrogens (tertiary/aromatic N) is 3. The summed E-state index contributed by atoms with van der Waals surface area (Å²) in [6.07, 6.45) is 3.54. The molecule has 0 unspecified atom stereocenters. The summed E-state index contributed by atoms with van der Waals surface area (Å²) in [7, 11) is 0. The van der Waals surface area contributed by atoms with Crippen LogP contribution in [0.4, 0.5) is 5.95 Å². The number of aromatic nitrogens is 2. The Morgan fingerprint density at radius 3 is 2.67 bits per heavy atom. The van der Waals surface area contributed by atoms with Crippen LogP contribution >= 0.6 is 15.9 Å². The molecule has 1 saturated heterocycles. The molecule has 5 heteroatoms. The zero-order chi connectivity index (χ0) is 10.9. The maximum Gasteiger partial charge on any atom is 0.225 e. The summed E-state index contributed by atoms with van der Waals surface area (Å²) in [6, 6.07) is 0. The monoisotopic (exact) mass is 271 g/mol. The molecule has 2 rings (SSSR count). The van der Waals surface area contributed by atoms with E-state index in [2.05, 4.69) is 44.6 Å². The molecule has 2 heterocycles. The highest BCUT2D eigenvalue weighted by atomic mass is 79.9. The number of morpholine rings is 1. The van der Waals surface area contributed by atoms with Crippen LogP contribution in [-0.2, 0) is 4.74 Å². The van der Waals surface area contributed by atoms with Crippen LogP contribution in [0.15, 0.2) is 16.9 Å². The maximum absolute atomic E-state index is 5.63. The number of hydrogen-bond donors (Lipinski definition) is 0. The minimum Gasteiger partial charge on any atom is -0.372 e. The van der Waals surface area contributed by atoms with Gasteiger partial charge in [-0.2, -0.15) is 0 Å². The minimum absolute atomic E-state index is 0.116. The van der Waals surface area contributed by atoms with Crippen molar-refractivity contribution in [2.24, 2.45) is 0 Å². The van der Waals surface area contributed by atoms with Gasteiger partial charge in [-0.3, -0.25) is 0 Å². The zero-order valence-electron chi connectivity index (χ0n) is 8.90. The largest absolute Gasteiger partial charge is 0.372 e. The van der Waals surface area contributed by atoms with Crippen LogP contribution in [0.2, 0.25) is 0 Å². The molecular formula is C10H14BrN3O. The molecule has 15 heavy (non-hydrogen) atoms. The molecule has 0 spiro atoms. The lowest BCUT2D eigenvalue weighted by Gasteiger charge is -2.38. The number of rotatable bonds is 1. The average Bonchev–Trinajstić information content (AvgIpc) is 2.17. The molecule has 1 aromatic rings. The van der Waals surface area contributed by atoms with Crippen molar-refractivity contribution in [3.05, 3.63) is 16.9 Å². The molecule has 0 N–H and O–H groups in total. The van der Waals surface area contributed by atoms with Crippen LogP contribution in [0.25, 0.3) is 0 Å². The van der Waals surface area contributed by atoms with Crippen LogP contribution in [0.5, 0.6) is 0 Å². The summed E-state index contributed by atoms with van der Waals surface area (Å²) < 4.78 is 6.54. The average molecular weight is 272 g/mol. The normalized spacial score (nSPS) is 20.3. The van der Waals surface area contributed by atoms with Gasteiger partial charge in [-0.05, 0) is 29.8 Å². The van der Waals surface area contributed by atoms with E-state index in [1.807, 2.05) is 0 Å². The maximum atomic E-state index is 5.63. The standard InChI is InChI=1S/C10H14BrN3O/c1-10(2)7-14(3-4-15-10)9-12-5-8(11)6-13-9/h5-6H,3-4,7H2,1-2H3. The fraction of sp³-hybridized carbons (Fsp3) is 0.600. The molecule has 0 bridgehead atoms. The summed E-state index contributed by atoms with van der Waals surface area (Å²) in [6.45, 7) is 6.57. The molecule has 0 aliphatic carbocycles.